The molecule has 1 aliphatic rings. The first-order valence-electron chi connectivity index (χ1n) is 6.61. The fraction of sp³-hybridized carbons (Fsp3) is 0.200. The first-order chi connectivity index (χ1) is 10.1. The fourth-order valence-electron chi connectivity index (χ4n) is 1.91. The number of halogens is 2. The molecule has 1 aliphatic carbocycles. The maximum absolute atomic E-state index is 13.6. The Morgan fingerprint density at radius 3 is 2.71 bits per heavy atom. The fourth-order valence-corrected chi connectivity index (χ4v) is 2.16. The third-order valence-corrected chi connectivity index (χ3v) is 3.46. The number of hydrogen-bond donors (Lipinski definition) is 2. The number of benzene rings is 1. The number of carbonyl (C=O) groups is 1. The van der Waals surface area contributed by atoms with Gasteiger partial charge in [-0.1, -0.05) is 17.7 Å². The van der Waals surface area contributed by atoms with Crippen LogP contribution in [0, 0.1) is 5.82 Å². The molecule has 108 valence electrons. The van der Waals surface area contributed by atoms with Crippen LogP contribution >= 0.6 is 11.6 Å². The highest BCUT2D eigenvalue weighted by Crippen LogP contribution is 2.25. The summed E-state index contributed by atoms with van der Waals surface area (Å²) in [6, 6.07) is 8.13. The van der Waals surface area contributed by atoms with Crippen molar-refractivity contribution in [1.82, 2.24) is 4.98 Å². The molecule has 1 saturated carbocycles. The van der Waals surface area contributed by atoms with Crippen molar-refractivity contribution in [3.63, 3.8) is 0 Å². The van der Waals surface area contributed by atoms with Crippen LogP contribution in [-0.2, 0) is 0 Å². The average Bonchev–Trinajstić information content (AvgIpc) is 3.25. The average molecular weight is 306 g/mol. The molecular formula is C15H13ClFN3O. The van der Waals surface area contributed by atoms with E-state index in [0.29, 0.717) is 11.9 Å². The van der Waals surface area contributed by atoms with Gasteiger partial charge in [-0.2, -0.15) is 0 Å². The number of nitrogens with zero attached hydrogens (tertiary/aromatic N) is 1. The number of pyridine rings is 1. The standard InChI is InChI=1S/C15H13ClFN3O/c16-11-2-1-3-12(17)14(11)15(21)20-13-7-6-10(8-18-13)19-9-4-5-9/h1-3,6-9,19H,4-5H2,(H,18,20,21). The number of rotatable bonds is 4. The Morgan fingerprint density at radius 1 is 1.29 bits per heavy atom. The molecule has 3 rings (SSSR count). The summed E-state index contributed by atoms with van der Waals surface area (Å²) in [5.41, 5.74) is 0.723. The second-order valence-electron chi connectivity index (χ2n) is 4.90. The second kappa shape index (κ2) is 5.69. The number of anilines is 2. The molecule has 0 unspecified atom stereocenters. The van der Waals surface area contributed by atoms with Crippen molar-refractivity contribution >= 4 is 29.0 Å². The molecule has 1 heterocycles. The predicted octanol–water partition coefficient (Wildman–Crippen LogP) is 3.70. The van der Waals surface area contributed by atoms with Gasteiger partial charge in [-0.05, 0) is 37.1 Å². The number of amides is 1. The van der Waals surface area contributed by atoms with Crippen molar-refractivity contribution in [2.24, 2.45) is 0 Å². The van der Waals surface area contributed by atoms with Gasteiger partial charge >= 0.3 is 0 Å². The van der Waals surface area contributed by atoms with Crippen LogP contribution in [0.3, 0.4) is 0 Å². The highest BCUT2D eigenvalue weighted by molar-refractivity contribution is 6.34. The summed E-state index contributed by atoms with van der Waals surface area (Å²) in [4.78, 5) is 16.2. The molecule has 1 amide bonds. The number of carbonyl (C=O) groups excluding carboxylic acids is 1. The monoisotopic (exact) mass is 305 g/mol. The summed E-state index contributed by atoms with van der Waals surface area (Å²) in [5.74, 6) is -0.929. The third kappa shape index (κ3) is 3.31. The van der Waals surface area contributed by atoms with Gasteiger partial charge in [0.05, 0.1) is 22.5 Å². The smallest absolute Gasteiger partial charge is 0.261 e. The molecule has 4 nitrogen and oxygen atoms in total. The van der Waals surface area contributed by atoms with Gasteiger partial charge in [0.2, 0.25) is 0 Å². The van der Waals surface area contributed by atoms with Gasteiger partial charge in [-0.3, -0.25) is 4.79 Å². The molecule has 0 spiro atoms. The van der Waals surface area contributed by atoms with Crippen LogP contribution in [0.25, 0.3) is 0 Å². The van der Waals surface area contributed by atoms with E-state index < -0.39 is 11.7 Å². The van der Waals surface area contributed by atoms with E-state index >= 15 is 0 Å². The van der Waals surface area contributed by atoms with Gasteiger partial charge in [-0.25, -0.2) is 9.37 Å². The van der Waals surface area contributed by atoms with Crippen LogP contribution in [0.5, 0.6) is 0 Å². The first kappa shape index (κ1) is 13.8. The van der Waals surface area contributed by atoms with Crippen LogP contribution in [0.15, 0.2) is 36.5 Å². The minimum Gasteiger partial charge on any atom is -0.381 e. The number of hydrogen-bond acceptors (Lipinski definition) is 3. The van der Waals surface area contributed by atoms with E-state index in [9.17, 15) is 9.18 Å². The van der Waals surface area contributed by atoms with Crippen LogP contribution < -0.4 is 10.6 Å². The third-order valence-electron chi connectivity index (χ3n) is 3.14. The molecule has 0 atom stereocenters. The summed E-state index contributed by atoms with van der Waals surface area (Å²) in [5, 5.41) is 5.89. The topological polar surface area (TPSA) is 54.0 Å². The Morgan fingerprint density at radius 2 is 2.10 bits per heavy atom. The van der Waals surface area contributed by atoms with E-state index in [1.165, 1.54) is 31.0 Å². The molecule has 0 saturated heterocycles. The van der Waals surface area contributed by atoms with E-state index in [2.05, 4.69) is 15.6 Å². The van der Waals surface area contributed by atoms with E-state index in [-0.39, 0.29) is 10.6 Å². The van der Waals surface area contributed by atoms with Crippen molar-refractivity contribution in [2.45, 2.75) is 18.9 Å². The van der Waals surface area contributed by atoms with Crippen LogP contribution in [-0.4, -0.2) is 16.9 Å². The van der Waals surface area contributed by atoms with Crippen molar-refractivity contribution < 1.29 is 9.18 Å². The molecule has 0 bridgehead atoms. The highest BCUT2D eigenvalue weighted by Gasteiger charge is 2.21. The minimum atomic E-state index is -0.660. The lowest BCUT2D eigenvalue weighted by Crippen LogP contribution is -2.15. The Balaban J connectivity index is 1.72. The lowest BCUT2D eigenvalue weighted by Gasteiger charge is -2.08. The molecule has 2 N–H and O–H groups in total. The molecule has 6 heteroatoms. The van der Waals surface area contributed by atoms with Gasteiger partial charge in [-0.15, -0.1) is 0 Å². The SMILES string of the molecule is O=C(Nc1ccc(NC2CC2)cn1)c1c(F)cccc1Cl. The zero-order chi connectivity index (χ0) is 14.8. The largest absolute Gasteiger partial charge is 0.381 e. The summed E-state index contributed by atoms with van der Waals surface area (Å²) >= 11 is 5.85. The van der Waals surface area contributed by atoms with Crippen molar-refractivity contribution in [1.29, 1.82) is 0 Å². The molecule has 0 aliphatic heterocycles. The molecule has 2 aromatic rings. The van der Waals surface area contributed by atoms with Crippen LogP contribution in [0.1, 0.15) is 23.2 Å². The lowest BCUT2D eigenvalue weighted by molar-refractivity contribution is 0.102. The molecule has 1 fully saturated rings. The lowest BCUT2D eigenvalue weighted by atomic mass is 10.2. The Kier molecular flexibility index (Phi) is 3.75. The zero-order valence-electron chi connectivity index (χ0n) is 11.1. The van der Waals surface area contributed by atoms with Crippen LogP contribution in [0.2, 0.25) is 5.02 Å². The summed E-state index contributed by atoms with van der Waals surface area (Å²) in [7, 11) is 0. The van der Waals surface area contributed by atoms with Crippen LogP contribution in [0.4, 0.5) is 15.9 Å². The van der Waals surface area contributed by atoms with Crippen molar-refractivity contribution in [2.75, 3.05) is 10.6 Å². The number of aromatic nitrogens is 1. The number of nitrogens with one attached hydrogen (secondary N) is 2. The predicted molar refractivity (Wildman–Crippen MR) is 80.2 cm³/mol. The van der Waals surface area contributed by atoms with Crippen molar-refractivity contribution in [3.05, 3.63) is 52.9 Å². The Hall–Kier alpha value is -2.14. The summed E-state index contributed by atoms with van der Waals surface area (Å²) < 4.78 is 13.6. The van der Waals surface area contributed by atoms with Crippen molar-refractivity contribution in [3.8, 4) is 0 Å². The van der Waals surface area contributed by atoms with E-state index in [1.54, 1.807) is 12.3 Å². The van der Waals surface area contributed by atoms with Gasteiger partial charge in [0.1, 0.15) is 11.6 Å². The highest BCUT2D eigenvalue weighted by atomic mass is 35.5. The quantitative estimate of drug-likeness (QED) is 0.905. The van der Waals surface area contributed by atoms with Gasteiger partial charge in [0.25, 0.3) is 5.91 Å². The molecule has 21 heavy (non-hydrogen) atoms. The zero-order valence-corrected chi connectivity index (χ0v) is 11.8. The molecule has 0 radical (unpaired) electrons. The minimum absolute atomic E-state index is 0.0690. The maximum atomic E-state index is 13.6. The summed E-state index contributed by atoms with van der Waals surface area (Å²) in [6.07, 6.45) is 3.98. The second-order valence-corrected chi connectivity index (χ2v) is 5.31. The maximum Gasteiger partial charge on any atom is 0.261 e. The molecule has 1 aromatic carbocycles. The summed E-state index contributed by atoms with van der Waals surface area (Å²) in [6.45, 7) is 0. The van der Waals surface area contributed by atoms with Gasteiger partial charge in [0, 0.05) is 6.04 Å². The normalized spacial score (nSPS) is 13.8. The molecular weight excluding hydrogens is 293 g/mol. The van der Waals surface area contributed by atoms with E-state index in [4.69, 9.17) is 11.6 Å². The Labute approximate surface area is 126 Å². The van der Waals surface area contributed by atoms with Gasteiger partial charge in [0.15, 0.2) is 0 Å². The first-order valence-corrected chi connectivity index (χ1v) is 6.99. The van der Waals surface area contributed by atoms with Gasteiger partial charge < -0.3 is 10.6 Å². The Bertz CT molecular complexity index is 651. The van der Waals surface area contributed by atoms with E-state index in [0.717, 1.165) is 5.69 Å². The van der Waals surface area contributed by atoms with E-state index in [1.807, 2.05) is 6.07 Å². The molecule has 1 aromatic heterocycles.